The summed E-state index contributed by atoms with van der Waals surface area (Å²) in [4.78, 5) is 16.5. The summed E-state index contributed by atoms with van der Waals surface area (Å²) in [6, 6.07) is 20.9. The molecule has 0 radical (unpaired) electrons. The van der Waals surface area contributed by atoms with Gasteiger partial charge in [-0.3, -0.25) is 5.43 Å². The van der Waals surface area contributed by atoms with E-state index in [1.165, 1.54) is 0 Å². The molecule has 0 unspecified atom stereocenters. The molecule has 0 aliphatic carbocycles. The van der Waals surface area contributed by atoms with Crippen LogP contribution >= 0.6 is 0 Å². The Morgan fingerprint density at radius 2 is 1.62 bits per heavy atom. The lowest BCUT2D eigenvalue weighted by atomic mass is 9.99. The predicted molar refractivity (Wildman–Crippen MR) is 98.4 cm³/mol. The molecule has 1 aliphatic rings. The van der Waals surface area contributed by atoms with Gasteiger partial charge in [-0.25, -0.2) is 9.79 Å². The first-order valence-electron chi connectivity index (χ1n) is 8.09. The Bertz CT molecular complexity index is 939. The minimum atomic E-state index is -0.730. The first kappa shape index (κ1) is 17.1. The molecule has 0 spiro atoms. The monoisotopic (exact) mass is 344 g/mol. The molecule has 6 heteroatoms. The highest BCUT2D eigenvalue weighted by atomic mass is 16.5. The van der Waals surface area contributed by atoms with E-state index < -0.39 is 5.97 Å². The summed E-state index contributed by atoms with van der Waals surface area (Å²) >= 11 is 0. The average Bonchev–Trinajstić information content (AvgIpc) is 2.70. The first-order chi connectivity index (χ1) is 12.7. The second-order valence-electron chi connectivity index (χ2n) is 5.32. The molecule has 0 fully saturated rings. The van der Waals surface area contributed by atoms with Crippen LogP contribution in [0.15, 0.2) is 82.2 Å². The summed E-state index contributed by atoms with van der Waals surface area (Å²) in [7, 11) is 0. The number of carbonyl (C=O) groups excluding carboxylic acids is 1. The Kier molecular flexibility index (Phi) is 5.20. The molecule has 3 rings (SSSR count). The smallest absolute Gasteiger partial charge is 0.352 e. The Morgan fingerprint density at radius 3 is 2.15 bits per heavy atom. The van der Waals surface area contributed by atoms with Crippen LogP contribution in [0.4, 0.5) is 0 Å². The van der Waals surface area contributed by atoms with Crippen molar-refractivity contribution >= 4 is 17.4 Å². The molecule has 0 saturated heterocycles. The zero-order valence-electron chi connectivity index (χ0n) is 14.1. The molecule has 0 aromatic heterocycles. The van der Waals surface area contributed by atoms with Gasteiger partial charge in [-0.05, 0) is 6.92 Å². The molecule has 0 bridgehead atoms. The largest absolute Gasteiger partial charge is 0.462 e. The summed E-state index contributed by atoms with van der Waals surface area (Å²) in [6.07, 6.45) is 0. The highest BCUT2D eigenvalue weighted by molar-refractivity contribution is 6.54. The van der Waals surface area contributed by atoms with Crippen LogP contribution in [0.25, 0.3) is 0 Å². The van der Waals surface area contributed by atoms with Gasteiger partial charge in [-0.2, -0.15) is 10.4 Å². The van der Waals surface area contributed by atoms with E-state index in [0.29, 0.717) is 11.4 Å². The summed E-state index contributed by atoms with van der Waals surface area (Å²) in [5.74, 6) is -0.656. The average molecular weight is 344 g/mol. The van der Waals surface area contributed by atoms with E-state index in [4.69, 9.17) is 4.74 Å². The fraction of sp³-hybridized carbons (Fsp3) is 0.100. The molecule has 26 heavy (non-hydrogen) atoms. The van der Waals surface area contributed by atoms with E-state index in [2.05, 4.69) is 15.5 Å². The molecule has 0 atom stereocenters. The third-order valence-corrected chi connectivity index (χ3v) is 3.64. The van der Waals surface area contributed by atoms with Crippen molar-refractivity contribution in [2.24, 2.45) is 10.1 Å². The van der Waals surface area contributed by atoms with Crippen LogP contribution in [-0.4, -0.2) is 24.0 Å². The fourth-order valence-electron chi connectivity index (χ4n) is 2.46. The maximum Gasteiger partial charge on any atom is 0.352 e. The van der Waals surface area contributed by atoms with Crippen LogP contribution in [0.3, 0.4) is 0 Å². The number of nitriles is 1. The zero-order chi connectivity index (χ0) is 18.4. The van der Waals surface area contributed by atoms with Gasteiger partial charge in [0, 0.05) is 11.1 Å². The Hall–Kier alpha value is -3.72. The summed E-state index contributed by atoms with van der Waals surface area (Å²) in [6.45, 7) is 1.85. The molecular formula is C20H16N4O2. The minimum absolute atomic E-state index is 0.0736. The van der Waals surface area contributed by atoms with Gasteiger partial charge in [-0.15, -0.1) is 0 Å². The number of hydrogen-bond acceptors (Lipinski definition) is 6. The number of hydrazone groups is 1. The molecule has 1 N–H and O–H groups in total. The molecule has 1 aliphatic heterocycles. The number of ether oxygens (including phenoxy) is 1. The van der Waals surface area contributed by atoms with Crippen LogP contribution in [0.1, 0.15) is 18.1 Å². The lowest BCUT2D eigenvalue weighted by Gasteiger charge is -2.17. The SMILES string of the molecule is CCOC(=O)C(C#N)=C1N=C(c2ccccc2)C(c2ccccc2)=NN1. The Balaban J connectivity index is 2.12. The third-order valence-electron chi connectivity index (χ3n) is 3.64. The van der Waals surface area contributed by atoms with Gasteiger partial charge in [-0.1, -0.05) is 60.7 Å². The van der Waals surface area contributed by atoms with E-state index in [-0.39, 0.29) is 18.0 Å². The second kappa shape index (κ2) is 7.90. The van der Waals surface area contributed by atoms with Crippen LogP contribution in [-0.2, 0) is 9.53 Å². The van der Waals surface area contributed by atoms with Crippen molar-refractivity contribution < 1.29 is 9.53 Å². The molecule has 128 valence electrons. The highest BCUT2D eigenvalue weighted by Crippen LogP contribution is 2.17. The number of rotatable bonds is 4. The number of hydrogen-bond donors (Lipinski definition) is 1. The Morgan fingerprint density at radius 1 is 1.04 bits per heavy atom. The van der Waals surface area contributed by atoms with Gasteiger partial charge in [0.1, 0.15) is 17.5 Å². The number of esters is 1. The van der Waals surface area contributed by atoms with Gasteiger partial charge in [0.25, 0.3) is 0 Å². The quantitative estimate of drug-likeness (QED) is 0.525. The number of benzene rings is 2. The molecular weight excluding hydrogens is 328 g/mol. The molecule has 6 nitrogen and oxygen atoms in total. The number of nitrogens with zero attached hydrogens (tertiary/aromatic N) is 3. The normalized spacial score (nSPS) is 15.1. The fourth-order valence-corrected chi connectivity index (χ4v) is 2.46. The summed E-state index contributed by atoms with van der Waals surface area (Å²) in [5.41, 5.74) is 5.40. The van der Waals surface area contributed by atoms with Gasteiger partial charge in [0.15, 0.2) is 11.4 Å². The number of carbonyl (C=O) groups is 1. The van der Waals surface area contributed by atoms with Gasteiger partial charge < -0.3 is 4.74 Å². The molecule has 2 aromatic carbocycles. The van der Waals surface area contributed by atoms with Crippen molar-refractivity contribution in [2.45, 2.75) is 6.92 Å². The van der Waals surface area contributed by atoms with Crippen LogP contribution in [0.5, 0.6) is 0 Å². The molecule has 0 saturated carbocycles. The van der Waals surface area contributed by atoms with E-state index in [9.17, 15) is 10.1 Å². The van der Waals surface area contributed by atoms with Crippen molar-refractivity contribution in [1.82, 2.24) is 5.43 Å². The maximum atomic E-state index is 12.0. The number of aliphatic imine (C=N–C) groups is 1. The standard InChI is InChI=1S/C20H16N4O2/c1-2-26-20(25)16(13-21)19-22-17(14-9-5-3-6-10-14)18(23-24-19)15-11-7-4-8-12-15/h3-12,24H,2H2,1H3. The van der Waals surface area contributed by atoms with Crippen molar-refractivity contribution in [3.63, 3.8) is 0 Å². The number of nitrogens with one attached hydrogen (secondary N) is 1. The van der Waals surface area contributed by atoms with Crippen molar-refractivity contribution in [3.8, 4) is 6.07 Å². The van der Waals surface area contributed by atoms with Crippen LogP contribution < -0.4 is 5.43 Å². The van der Waals surface area contributed by atoms with E-state index in [1.54, 1.807) is 6.92 Å². The Labute approximate surface area is 151 Å². The zero-order valence-corrected chi connectivity index (χ0v) is 14.1. The van der Waals surface area contributed by atoms with Gasteiger partial charge in [0.05, 0.1) is 6.61 Å². The van der Waals surface area contributed by atoms with Gasteiger partial charge >= 0.3 is 5.97 Å². The first-order valence-corrected chi connectivity index (χ1v) is 8.09. The van der Waals surface area contributed by atoms with Crippen molar-refractivity contribution in [1.29, 1.82) is 5.26 Å². The third kappa shape index (κ3) is 3.52. The van der Waals surface area contributed by atoms with Crippen LogP contribution in [0, 0.1) is 11.3 Å². The van der Waals surface area contributed by atoms with E-state index in [0.717, 1.165) is 11.1 Å². The summed E-state index contributed by atoms with van der Waals surface area (Å²) < 4.78 is 4.92. The van der Waals surface area contributed by atoms with E-state index >= 15 is 0 Å². The van der Waals surface area contributed by atoms with Crippen LogP contribution in [0.2, 0.25) is 0 Å². The topological polar surface area (TPSA) is 86.8 Å². The van der Waals surface area contributed by atoms with E-state index in [1.807, 2.05) is 66.7 Å². The molecule has 2 aromatic rings. The van der Waals surface area contributed by atoms with Crippen molar-refractivity contribution in [3.05, 3.63) is 83.2 Å². The molecule has 0 amide bonds. The lowest BCUT2D eigenvalue weighted by Crippen LogP contribution is -2.28. The molecule has 1 heterocycles. The lowest BCUT2D eigenvalue weighted by molar-refractivity contribution is -0.138. The predicted octanol–water partition coefficient (Wildman–Crippen LogP) is 2.78. The van der Waals surface area contributed by atoms with Gasteiger partial charge in [0.2, 0.25) is 0 Å². The maximum absolute atomic E-state index is 12.0. The highest BCUT2D eigenvalue weighted by Gasteiger charge is 2.23. The van der Waals surface area contributed by atoms with Crippen molar-refractivity contribution in [2.75, 3.05) is 6.61 Å². The second-order valence-corrected chi connectivity index (χ2v) is 5.32. The minimum Gasteiger partial charge on any atom is -0.462 e. The summed E-state index contributed by atoms with van der Waals surface area (Å²) in [5, 5.41) is 13.7.